The van der Waals surface area contributed by atoms with E-state index in [1.54, 1.807) is 0 Å². The lowest BCUT2D eigenvalue weighted by Gasteiger charge is -2.05. The fourth-order valence-electron chi connectivity index (χ4n) is 2.24. The molecule has 0 amide bonds. The second-order valence-electron chi connectivity index (χ2n) is 4.53. The van der Waals surface area contributed by atoms with Crippen molar-refractivity contribution in [3.8, 4) is 0 Å². The molecule has 0 radical (unpaired) electrons. The molecule has 0 aliphatic rings. The van der Waals surface area contributed by atoms with Crippen LogP contribution < -0.4 is 5.73 Å². The van der Waals surface area contributed by atoms with E-state index < -0.39 is 0 Å². The lowest BCUT2D eigenvalue weighted by atomic mass is 10.0. The van der Waals surface area contributed by atoms with Crippen LogP contribution in [0.1, 0.15) is 11.1 Å². The number of hydrogen-bond acceptors (Lipinski definition) is 1. The molecule has 0 saturated heterocycles. The summed E-state index contributed by atoms with van der Waals surface area (Å²) in [6.45, 7) is 0. The Morgan fingerprint density at radius 2 is 1.32 bits per heavy atom. The molecule has 1 heteroatoms. The number of benzene rings is 3. The molecule has 0 fully saturated rings. The molecule has 1 nitrogen and oxygen atoms in total. The van der Waals surface area contributed by atoms with E-state index in [2.05, 4.69) is 42.5 Å². The molecule has 3 aromatic rings. The van der Waals surface area contributed by atoms with Crippen LogP contribution >= 0.6 is 0 Å². The van der Waals surface area contributed by atoms with Gasteiger partial charge in [-0.3, -0.25) is 0 Å². The van der Waals surface area contributed by atoms with E-state index in [4.69, 9.17) is 5.73 Å². The van der Waals surface area contributed by atoms with Crippen molar-refractivity contribution in [3.63, 3.8) is 0 Å². The van der Waals surface area contributed by atoms with Gasteiger partial charge in [0, 0.05) is 11.1 Å². The summed E-state index contributed by atoms with van der Waals surface area (Å²) in [6, 6.07) is 22.6. The van der Waals surface area contributed by atoms with Gasteiger partial charge in [-0.2, -0.15) is 0 Å². The molecule has 0 atom stereocenters. The van der Waals surface area contributed by atoms with Crippen LogP contribution in [0.5, 0.6) is 0 Å². The highest BCUT2D eigenvalue weighted by Crippen LogP contribution is 2.25. The van der Waals surface area contributed by atoms with E-state index in [9.17, 15) is 0 Å². The zero-order valence-corrected chi connectivity index (χ0v) is 10.6. The van der Waals surface area contributed by atoms with Gasteiger partial charge in [0.1, 0.15) is 0 Å². The van der Waals surface area contributed by atoms with Gasteiger partial charge in [0.25, 0.3) is 0 Å². The summed E-state index contributed by atoms with van der Waals surface area (Å²) in [4.78, 5) is 0. The van der Waals surface area contributed by atoms with Gasteiger partial charge in [0.2, 0.25) is 0 Å². The third kappa shape index (κ3) is 2.36. The molecule has 0 aliphatic carbocycles. The second kappa shape index (κ2) is 4.99. The Kier molecular flexibility index (Phi) is 3.03. The smallest absolute Gasteiger partial charge is 0.0394 e. The van der Waals surface area contributed by atoms with E-state index in [1.807, 2.05) is 36.4 Å². The quantitative estimate of drug-likeness (QED) is 0.518. The molecule has 0 aromatic heterocycles. The van der Waals surface area contributed by atoms with Crippen molar-refractivity contribution in [1.29, 1.82) is 0 Å². The molecule has 0 aliphatic heterocycles. The van der Waals surface area contributed by atoms with Crippen molar-refractivity contribution in [1.82, 2.24) is 0 Å². The number of anilines is 1. The van der Waals surface area contributed by atoms with Crippen LogP contribution in [0.3, 0.4) is 0 Å². The first-order valence-electron chi connectivity index (χ1n) is 6.35. The van der Waals surface area contributed by atoms with Gasteiger partial charge >= 0.3 is 0 Å². The van der Waals surface area contributed by atoms with Crippen LogP contribution in [0.2, 0.25) is 0 Å². The summed E-state index contributed by atoms with van der Waals surface area (Å²) < 4.78 is 0. The average Bonchev–Trinajstić information content (AvgIpc) is 2.48. The van der Waals surface area contributed by atoms with Crippen LogP contribution in [0.4, 0.5) is 5.69 Å². The Bertz CT molecular complexity index is 727. The van der Waals surface area contributed by atoms with E-state index >= 15 is 0 Å². The van der Waals surface area contributed by atoms with Gasteiger partial charge in [-0.25, -0.2) is 0 Å². The molecule has 3 aromatic carbocycles. The summed E-state index contributed by atoms with van der Waals surface area (Å²) in [5.74, 6) is 0. The highest BCUT2D eigenvalue weighted by molar-refractivity contribution is 5.99. The molecule has 3 rings (SSSR count). The molecule has 19 heavy (non-hydrogen) atoms. The number of rotatable bonds is 2. The average molecular weight is 245 g/mol. The van der Waals surface area contributed by atoms with Gasteiger partial charge in [0.15, 0.2) is 0 Å². The maximum absolute atomic E-state index is 6.01. The predicted octanol–water partition coefficient (Wildman–Crippen LogP) is 4.59. The van der Waals surface area contributed by atoms with E-state index in [0.717, 1.165) is 11.1 Å². The number of nitrogen functional groups attached to an aromatic ring is 1. The van der Waals surface area contributed by atoms with Gasteiger partial charge in [-0.15, -0.1) is 0 Å². The van der Waals surface area contributed by atoms with Crippen molar-refractivity contribution in [2.75, 3.05) is 5.73 Å². The Labute approximate surface area is 113 Å². The molecule has 0 unspecified atom stereocenters. The first kappa shape index (κ1) is 11.5. The third-order valence-corrected chi connectivity index (χ3v) is 3.25. The fourth-order valence-corrected chi connectivity index (χ4v) is 2.24. The topological polar surface area (TPSA) is 26.0 Å². The minimum Gasteiger partial charge on any atom is -0.398 e. The van der Waals surface area contributed by atoms with Gasteiger partial charge in [-0.1, -0.05) is 72.8 Å². The lowest BCUT2D eigenvalue weighted by Crippen LogP contribution is -1.88. The Hall–Kier alpha value is -2.54. The third-order valence-electron chi connectivity index (χ3n) is 3.25. The van der Waals surface area contributed by atoms with Gasteiger partial charge in [0.05, 0.1) is 0 Å². The minimum absolute atomic E-state index is 0.826. The predicted molar refractivity (Wildman–Crippen MR) is 83.7 cm³/mol. The first-order chi connectivity index (χ1) is 9.34. The normalized spacial score (nSPS) is 11.2. The zero-order chi connectivity index (χ0) is 13.1. The first-order valence-corrected chi connectivity index (χ1v) is 6.35. The van der Waals surface area contributed by atoms with Crippen LogP contribution in [0, 0.1) is 0 Å². The zero-order valence-electron chi connectivity index (χ0n) is 10.6. The number of nitrogens with two attached hydrogens (primary N) is 1. The largest absolute Gasteiger partial charge is 0.398 e. The van der Waals surface area contributed by atoms with Crippen LogP contribution in [-0.4, -0.2) is 0 Å². The van der Waals surface area contributed by atoms with Crippen LogP contribution in [0.15, 0.2) is 66.7 Å². The van der Waals surface area contributed by atoms with Crippen molar-refractivity contribution >= 4 is 28.6 Å². The standard InChI is InChI=1S/C18H15N/c19-18-13-12-15(16-8-4-5-9-17(16)18)11-10-14-6-2-1-3-7-14/h1-13H,19H2. The van der Waals surface area contributed by atoms with Crippen LogP contribution in [-0.2, 0) is 0 Å². The molecular weight excluding hydrogens is 230 g/mol. The molecular formula is C18H15N. The highest BCUT2D eigenvalue weighted by atomic mass is 14.5. The summed E-state index contributed by atoms with van der Waals surface area (Å²) in [6.07, 6.45) is 4.26. The Morgan fingerprint density at radius 1 is 0.632 bits per heavy atom. The van der Waals surface area contributed by atoms with Gasteiger partial charge < -0.3 is 5.73 Å². The molecule has 0 saturated carbocycles. The molecule has 0 heterocycles. The van der Waals surface area contributed by atoms with Gasteiger partial charge in [-0.05, 0) is 22.6 Å². The maximum Gasteiger partial charge on any atom is 0.0394 e. The Morgan fingerprint density at radius 3 is 2.11 bits per heavy atom. The second-order valence-corrected chi connectivity index (χ2v) is 4.53. The van der Waals surface area contributed by atoms with Crippen molar-refractivity contribution in [2.45, 2.75) is 0 Å². The summed E-state index contributed by atoms with van der Waals surface area (Å²) in [7, 11) is 0. The van der Waals surface area contributed by atoms with Crippen molar-refractivity contribution in [2.24, 2.45) is 0 Å². The van der Waals surface area contributed by atoms with E-state index in [0.29, 0.717) is 0 Å². The molecule has 0 spiro atoms. The molecule has 2 N–H and O–H groups in total. The molecule has 0 bridgehead atoms. The summed E-state index contributed by atoms with van der Waals surface area (Å²) in [5, 5.41) is 2.30. The van der Waals surface area contributed by atoms with E-state index in [-0.39, 0.29) is 0 Å². The Balaban J connectivity index is 2.07. The van der Waals surface area contributed by atoms with Crippen molar-refractivity contribution in [3.05, 3.63) is 77.9 Å². The summed E-state index contributed by atoms with van der Waals surface area (Å²) in [5.41, 5.74) is 9.22. The maximum atomic E-state index is 6.01. The van der Waals surface area contributed by atoms with E-state index in [1.165, 1.54) is 16.5 Å². The fraction of sp³-hybridized carbons (Fsp3) is 0. The lowest BCUT2D eigenvalue weighted by molar-refractivity contribution is 1.66. The highest BCUT2D eigenvalue weighted by Gasteiger charge is 2.00. The SMILES string of the molecule is Nc1ccc(C=Cc2ccccc2)c2ccccc12. The molecule has 92 valence electrons. The number of fused-ring (bicyclic) bond motifs is 1. The van der Waals surface area contributed by atoms with Crippen molar-refractivity contribution < 1.29 is 0 Å². The monoisotopic (exact) mass is 245 g/mol. The minimum atomic E-state index is 0.826. The number of hydrogen-bond donors (Lipinski definition) is 1. The van der Waals surface area contributed by atoms with Crippen LogP contribution in [0.25, 0.3) is 22.9 Å². The summed E-state index contributed by atoms with van der Waals surface area (Å²) >= 11 is 0.